The number of aromatic nitrogens is 1. The van der Waals surface area contributed by atoms with Gasteiger partial charge in [-0.1, -0.05) is 0 Å². The van der Waals surface area contributed by atoms with Crippen LogP contribution in [0.4, 0.5) is 0 Å². The molecule has 1 N–H and O–H groups in total. The highest BCUT2D eigenvalue weighted by molar-refractivity contribution is 5.10. The lowest BCUT2D eigenvalue weighted by Crippen LogP contribution is -2.09. The van der Waals surface area contributed by atoms with Gasteiger partial charge in [0.2, 0.25) is 6.20 Å². The third kappa shape index (κ3) is 5.54. The van der Waals surface area contributed by atoms with Crippen LogP contribution in [0.3, 0.4) is 0 Å². The van der Waals surface area contributed by atoms with Gasteiger partial charge in [-0.05, 0) is 36.4 Å². The van der Waals surface area contributed by atoms with E-state index >= 15 is 0 Å². The van der Waals surface area contributed by atoms with Crippen LogP contribution in [0.2, 0.25) is 0 Å². The minimum atomic E-state index is -0.499. The second kappa shape index (κ2) is 7.17. The smallest absolute Gasteiger partial charge is 0.234 e. The van der Waals surface area contributed by atoms with Gasteiger partial charge in [-0.15, -0.1) is 0 Å². The van der Waals surface area contributed by atoms with Crippen molar-refractivity contribution in [2.75, 3.05) is 6.54 Å². The third-order valence-electron chi connectivity index (χ3n) is 1.84. The molecule has 0 fully saturated rings. The number of nitrogens with one attached hydrogen (secondary N) is 1. The van der Waals surface area contributed by atoms with Crippen molar-refractivity contribution >= 4 is 0 Å². The Hall–Kier alpha value is -2.17. The molecule has 0 spiro atoms. The normalized spacial score (nSPS) is 11.0. The van der Waals surface area contributed by atoms with Gasteiger partial charge >= 0.3 is 0 Å². The molecule has 0 saturated carbocycles. The Balaban J connectivity index is 2.15. The molecule has 0 aliphatic rings. The first kappa shape index (κ1) is 11.9. The van der Waals surface area contributed by atoms with Crippen LogP contribution in [0.25, 0.3) is 0 Å². The summed E-state index contributed by atoms with van der Waals surface area (Å²) < 4.78 is 0. The van der Waals surface area contributed by atoms with Gasteiger partial charge < -0.3 is 5.32 Å². The van der Waals surface area contributed by atoms with Crippen LogP contribution >= 0.6 is 0 Å². The van der Waals surface area contributed by atoms with E-state index in [0.717, 1.165) is 19.2 Å². The van der Waals surface area contributed by atoms with Gasteiger partial charge in [0.25, 0.3) is 0 Å². The van der Waals surface area contributed by atoms with Crippen LogP contribution in [0.5, 0.6) is 0 Å². The first-order valence-electron chi connectivity index (χ1n) is 4.88. The summed E-state index contributed by atoms with van der Waals surface area (Å²) in [4.78, 5) is 13.4. The van der Waals surface area contributed by atoms with E-state index in [0.29, 0.717) is 0 Å². The van der Waals surface area contributed by atoms with Crippen LogP contribution in [0.1, 0.15) is 5.56 Å². The standard InChI is InChI=1S/C11H13N3O2/c15-14(16)10-2-1-6-12-7-3-11-4-8-13-9-5-11/h1-2,4-6,8-10,12H,3,7H2/b6-1+,10-2+. The summed E-state index contributed by atoms with van der Waals surface area (Å²) in [5.74, 6) is 0. The molecule has 16 heavy (non-hydrogen) atoms. The van der Waals surface area contributed by atoms with Crippen LogP contribution in [-0.4, -0.2) is 16.5 Å². The Morgan fingerprint density at radius 2 is 2.12 bits per heavy atom. The number of allylic oxidation sites excluding steroid dienone is 2. The number of nitrogens with zero attached hydrogens (tertiary/aromatic N) is 2. The van der Waals surface area contributed by atoms with E-state index in [1.54, 1.807) is 24.7 Å². The van der Waals surface area contributed by atoms with Crippen molar-refractivity contribution in [3.05, 3.63) is 64.8 Å². The Bertz CT molecular complexity index is 374. The zero-order valence-electron chi connectivity index (χ0n) is 8.74. The van der Waals surface area contributed by atoms with E-state index in [1.807, 2.05) is 12.1 Å². The molecule has 0 aliphatic carbocycles. The highest BCUT2D eigenvalue weighted by atomic mass is 16.6. The molecular weight excluding hydrogens is 206 g/mol. The third-order valence-corrected chi connectivity index (χ3v) is 1.84. The van der Waals surface area contributed by atoms with Crippen LogP contribution in [0, 0.1) is 10.1 Å². The fourth-order valence-electron chi connectivity index (χ4n) is 1.09. The van der Waals surface area contributed by atoms with Crippen molar-refractivity contribution in [1.29, 1.82) is 0 Å². The van der Waals surface area contributed by atoms with Crippen LogP contribution in [0.15, 0.2) is 49.1 Å². The van der Waals surface area contributed by atoms with Gasteiger partial charge in [-0.25, -0.2) is 0 Å². The highest BCUT2D eigenvalue weighted by Gasteiger charge is 1.88. The topological polar surface area (TPSA) is 68.1 Å². The molecule has 0 atom stereocenters. The van der Waals surface area contributed by atoms with Crippen molar-refractivity contribution in [3.8, 4) is 0 Å². The SMILES string of the molecule is O=[N+]([O-])/C=C/C=C/NCCc1ccncc1. The van der Waals surface area contributed by atoms with Gasteiger partial charge in [0.1, 0.15) is 0 Å². The molecule has 1 aromatic heterocycles. The number of hydrogen-bond acceptors (Lipinski definition) is 4. The molecule has 1 aromatic rings. The fraction of sp³-hybridized carbons (Fsp3) is 0.182. The first-order chi connectivity index (χ1) is 7.79. The van der Waals surface area contributed by atoms with Crippen molar-refractivity contribution in [3.63, 3.8) is 0 Å². The van der Waals surface area contributed by atoms with E-state index in [9.17, 15) is 10.1 Å². The van der Waals surface area contributed by atoms with E-state index in [1.165, 1.54) is 11.6 Å². The molecule has 1 heterocycles. The second-order valence-electron chi connectivity index (χ2n) is 3.05. The first-order valence-corrected chi connectivity index (χ1v) is 4.88. The predicted molar refractivity (Wildman–Crippen MR) is 61.2 cm³/mol. The number of hydrogen-bond donors (Lipinski definition) is 1. The number of rotatable bonds is 6. The predicted octanol–water partition coefficient (Wildman–Crippen LogP) is 1.52. The van der Waals surface area contributed by atoms with Gasteiger partial charge in [0, 0.05) is 25.0 Å². The van der Waals surface area contributed by atoms with Gasteiger partial charge in [0.05, 0.1) is 4.92 Å². The molecule has 0 unspecified atom stereocenters. The molecular formula is C11H13N3O2. The van der Waals surface area contributed by atoms with Gasteiger partial charge in [-0.3, -0.25) is 15.1 Å². The maximum atomic E-state index is 9.93. The summed E-state index contributed by atoms with van der Waals surface area (Å²) in [6.07, 6.45) is 9.94. The monoisotopic (exact) mass is 219 g/mol. The lowest BCUT2D eigenvalue weighted by atomic mass is 10.2. The maximum Gasteiger partial charge on any atom is 0.234 e. The molecule has 0 radical (unpaired) electrons. The molecule has 0 aromatic carbocycles. The largest absolute Gasteiger partial charge is 0.391 e. The Morgan fingerprint density at radius 3 is 2.81 bits per heavy atom. The van der Waals surface area contributed by atoms with Gasteiger partial charge in [-0.2, -0.15) is 0 Å². The zero-order valence-corrected chi connectivity index (χ0v) is 8.74. The van der Waals surface area contributed by atoms with Gasteiger partial charge in [0.15, 0.2) is 0 Å². The molecule has 0 aliphatic heterocycles. The summed E-state index contributed by atoms with van der Waals surface area (Å²) in [6.45, 7) is 0.785. The minimum absolute atomic E-state index is 0.499. The average Bonchev–Trinajstić information content (AvgIpc) is 2.29. The zero-order chi connectivity index (χ0) is 11.6. The summed E-state index contributed by atoms with van der Waals surface area (Å²) in [7, 11) is 0. The lowest BCUT2D eigenvalue weighted by Gasteiger charge is -1.99. The van der Waals surface area contributed by atoms with E-state index in [4.69, 9.17) is 0 Å². The van der Waals surface area contributed by atoms with Crippen LogP contribution < -0.4 is 5.32 Å². The number of pyridine rings is 1. The summed E-state index contributed by atoms with van der Waals surface area (Å²) >= 11 is 0. The van der Waals surface area contributed by atoms with Crippen molar-refractivity contribution in [2.24, 2.45) is 0 Å². The van der Waals surface area contributed by atoms with Crippen LogP contribution in [-0.2, 0) is 6.42 Å². The Labute approximate surface area is 93.7 Å². The summed E-state index contributed by atoms with van der Waals surface area (Å²) in [6, 6.07) is 3.91. The number of nitro groups is 1. The molecule has 84 valence electrons. The maximum absolute atomic E-state index is 9.93. The molecule has 0 amide bonds. The Morgan fingerprint density at radius 1 is 1.38 bits per heavy atom. The van der Waals surface area contributed by atoms with E-state index in [-0.39, 0.29) is 0 Å². The summed E-state index contributed by atoms with van der Waals surface area (Å²) in [5.41, 5.74) is 1.21. The molecule has 5 heteroatoms. The fourth-order valence-corrected chi connectivity index (χ4v) is 1.09. The Kier molecular flexibility index (Phi) is 5.33. The molecule has 1 rings (SSSR count). The van der Waals surface area contributed by atoms with E-state index in [2.05, 4.69) is 10.3 Å². The molecule has 0 bridgehead atoms. The van der Waals surface area contributed by atoms with Crippen molar-refractivity contribution < 1.29 is 4.92 Å². The summed E-state index contributed by atoms with van der Waals surface area (Å²) in [5, 5.41) is 13.0. The molecule has 0 saturated heterocycles. The quantitative estimate of drug-likeness (QED) is 0.341. The average molecular weight is 219 g/mol. The second-order valence-corrected chi connectivity index (χ2v) is 3.05. The highest BCUT2D eigenvalue weighted by Crippen LogP contribution is 1.95. The lowest BCUT2D eigenvalue weighted by molar-refractivity contribution is -0.402. The minimum Gasteiger partial charge on any atom is -0.391 e. The van der Waals surface area contributed by atoms with Crippen molar-refractivity contribution in [1.82, 2.24) is 10.3 Å². The van der Waals surface area contributed by atoms with Crippen molar-refractivity contribution in [2.45, 2.75) is 6.42 Å². The molecule has 5 nitrogen and oxygen atoms in total. The van der Waals surface area contributed by atoms with E-state index < -0.39 is 4.92 Å².